The summed E-state index contributed by atoms with van der Waals surface area (Å²) in [6.45, 7) is 11.1. The van der Waals surface area contributed by atoms with Crippen LogP contribution in [0.3, 0.4) is 0 Å². The summed E-state index contributed by atoms with van der Waals surface area (Å²) in [5, 5.41) is 1.57. The van der Waals surface area contributed by atoms with E-state index in [1.54, 1.807) is 0 Å². The van der Waals surface area contributed by atoms with Crippen molar-refractivity contribution >= 4 is 67.7 Å². The van der Waals surface area contributed by atoms with E-state index in [4.69, 9.17) is 16.3 Å². The van der Waals surface area contributed by atoms with Crippen LogP contribution in [0.2, 0.25) is 5.02 Å². The molecule has 0 amide bonds. The number of pyridine rings is 1. The van der Waals surface area contributed by atoms with Gasteiger partial charge in [-0.1, -0.05) is 17.7 Å². The van der Waals surface area contributed by atoms with Gasteiger partial charge in [0.15, 0.2) is 0 Å². The Bertz CT molecular complexity index is 1000. The zero-order chi connectivity index (χ0) is 19.2. The van der Waals surface area contributed by atoms with Crippen molar-refractivity contribution in [1.29, 1.82) is 0 Å². The number of halogens is 3. The topological polar surface area (TPSA) is 22.1 Å². The Morgan fingerprint density at radius 3 is 2.31 bits per heavy atom. The van der Waals surface area contributed by atoms with Gasteiger partial charge in [0.25, 0.3) is 0 Å². The molecular formula is C21H20ClI2NO. The third kappa shape index (κ3) is 3.56. The van der Waals surface area contributed by atoms with Gasteiger partial charge in [-0.15, -0.1) is 0 Å². The highest BCUT2D eigenvalue weighted by Crippen LogP contribution is 2.35. The highest BCUT2D eigenvalue weighted by molar-refractivity contribution is 14.1. The second-order valence-electron chi connectivity index (χ2n) is 6.62. The Hall–Kier alpha value is -0.600. The first-order valence-corrected chi connectivity index (χ1v) is 10.9. The van der Waals surface area contributed by atoms with Crippen LogP contribution in [0.15, 0.2) is 18.2 Å². The fourth-order valence-corrected chi connectivity index (χ4v) is 5.03. The zero-order valence-corrected chi connectivity index (χ0v) is 20.5. The summed E-state index contributed by atoms with van der Waals surface area (Å²) in [5.74, 6) is 0.796. The summed E-state index contributed by atoms with van der Waals surface area (Å²) in [5.41, 5.74) is 8.14. The van der Waals surface area contributed by atoms with E-state index >= 15 is 0 Å². The Morgan fingerprint density at radius 1 is 0.962 bits per heavy atom. The van der Waals surface area contributed by atoms with E-state index < -0.39 is 0 Å². The molecule has 3 rings (SSSR count). The van der Waals surface area contributed by atoms with E-state index in [0.717, 1.165) is 27.9 Å². The number of rotatable bonds is 3. The van der Waals surface area contributed by atoms with E-state index in [9.17, 15) is 0 Å². The fourth-order valence-electron chi connectivity index (χ4n) is 3.09. The molecule has 0 fully saturated rings. The van der Waals surface area contributed by atoms with E-state index in [0.29, 0.717) is 11.6 Å². The second-order valence-corrected chi connectivity index (χ2v) is 9.18. The summed E-state index contributed by atoms with van der Waals surface area (Å²) in [7, 11) is 0. The van der Waals surface area contributed by atoms with Crippen LogP contribution < -0.4 is 4.74 Å². The SMILES string of the molecule is Cc1cc(OCc2c(C)c(I)c(C)c(C)c2I)c2c(Cl)ccc(C)c2n1. The summed E-state index contributed by atoms with van der Waals surface area (Å²) >= 11 is 11.3. The summed E-state index contributed by atoms with van der Waals surface area (Å²) < 4.78 is 8.88. The van der Waals surface area contributed by atoms with Crippen molar-refractivity contribution in [2.45, 2.75) is 41.2 Å². The third-order valence-electron chi connectivity index (χ3n) is 4.84. The predicted molar refractivity (Wildman–Crippen MR) is 127 cm³/mol. The number of fused-ring (bicyclic) bond motifs is 1. The molecule has 0 unspecified atom stereocenters. The molecule has 3 aromatic rings. The molecular weight excluding hydrogens is 571 g/mol. The number of ether oxygens (including phenoxy) is 1. The van der Waals surface area contributed by atoms with E-state index in [-0.39, 0.29) is 0 Å². The van der Waals surface area contributed by atoms with Gasteiger partial charge in [-0.3, -0.25) is 4.98 Å². The lowest BCUT2D eigenvalue weighted by atomic mass is 10.0. The molecule has 0 atom stereocenters. The van der Waals surface area contributed by atoms with E-state index in [1.807, 2.05) is 32.0 Å². The number of hydrogen-bond donors (Lipinski definition) is 0. The fraction of sp³-hybridized carbons (Fsp3) is 0.286. The summed E-state index contributed by atoms with van der Waals surface area (Å²) in [4.78, 5) is 4.66. The minimum atomic E-state index is 0.518. The predicted octanol–water partition coefficient (Wildman–Crippen LogP) is 7.22. The summed E-state index contributed by atoms with van der Waals surface area (Å²) in [6.07, 6.45) is 0. The first kappa shape index (κ1) is 20.1. The molecule has 0 radical (unpaired) electrons. The molecule has 5 heteroatoms. The lowest BCUT2D eigenvalue weighted by molar-refractivity contribution is 0.307. The highest BCUT2D eigenvalue weighted by Gasteiger charge is 2.16. The molecule has 0 saturated carbocycles. The van der Waals surface area contributed by atoms with Gasteiger partial charge in [0, 0.05) is 24.5 Å². The maximum atomic E-state index is 6.48. The van der Waals surface area contributed by atoms with Gasteiger partial charge in [0.1, 0.15) is 12.4 Å². The molecule has 26 heavy (non-hydrogen) atoms. The number of hydrogen-bond acceptors (Lipinski definition) is 2. The highest BCUT2D eigenvalue weighted by atomic mass is 127. The maximum absolute atomic E-state index is 6.48. The van der Waals surface area contributed by atoms with Crippen molar-refractivity contribution in [3.63, 3.8) is 0 Å². The average Bonchev–Trinajstić information content (AvgIpc) is 2.61. The summed E-state index contributed by atoms with van der Waals surface area (Å²) in [6, 6.07) is 5.89. The third-order valence-corrected chi connectivity index (χ3v) is 8.24. The lowest BCUT2D eigenvalue weighted by Crippen LogP contribution is -2.07. The molecule has 1 heterocycles. The van der Waals surface area contributed by atoms with Crippen molar-refractivity contribution in [3.8, 4) is 5.75 Å². The standard InChI is InChI=1S/C21H20ClI2NO/c1-10-6-7-16(22)18-17(8-11(2)25-21(10)18)26-9-15-14(5)19(23)12(3)13(4)20(15)24/h6-8H,9H2,1-5H3. The smallest absolute Gasteiger partial charge is 0.132 e. The molecule has 0 saturated heterocycles. The monoisotopic (exact) mass is 591 g/mol. The molecule has 2 aromatic carbocycles. The van der Waals surface area contributed by atoms with Gasteiger partial charge in [-0.2, -0.15) is 0 Å². The molecule has 0 bridgehead atoms. The molecule has 2 nitrogen and oxygen atoms in total. The molecule has 136 valence electrons. The first-order valence-electron chi connectivity index (χ1n) is 8.35. The molecule has 0 aliphatic rings. The molecule has 0 spiro atoms. The quantitative estimate of drug-likeness (QED) is 0.300. The Morgan fingerprint density at radius 2 is 1.62 bits per heavy atom. The van der Waals surface area contributed by atoms with Gasteiger partial charge in [-0.05, 0) is 108 Å². The molecule has 0 N–H and O–H groups in total. The Kier molecular flexibility index (Phi) is 6.04. The first-order chi connectivity index (χ1) is 12.2. The lowest BCUT2D eigenvalue weighted by Gasteiger charge is -2.18. The van der Waals surface area contributed by atoms with E-state index in [2.05, 4.69) is 70.9 Å². The van der Waals surface area contributed by atoms with Crippen molar-refractivity contribution in [1.82, 2.24) is 4.98 Å². The van der Waals surface area contributed by atoms with Crippen molar-refractivity contribution in [2.75, 3.05) is 0 Å². The number of benzene rings is 2. The van der Waals surface area contributed by atoms with Crippen LogP contribution in [0.25, 0.3) is 10.9 Å². The van der Waals surface area contributed by atoms with Crippen LogP contribution in [-0.2, 0) is 6.61 Å². The van der Waals surface area contributed by atoms with Crippen LogP contribution in [0.1, 0.15) is 33.5 Å². The van der Waals surface area contributed by atoms with Crippen LogP contribution in [0.4, 0.5) is 0 Å². The maximum Gasteiger partial charge on any atom is 0.132 e. The van der Waals surface area contributed by atoms with Crippen molar-refractivity contribution in [2.24, 2.45) is 0 Å². The molecule has 0 aliphatic heterocycles. The second kappa shape index (κ2) is 7.80. The number of aromatic nitrogens is 1. The van der Waals surface area contributed by atoms with Gasteiger partial charge in [0.2, 0.25) is 0 Å². The largest absolute Gasteiger partial charge is 0.488 e. The molecule has 1 aromatic heterocycles. The Labute approximate surface area is 187 Å². The van der Waals surface area contributed by atoms with Crippen LogP contribution in [0.5, 0.6) is 5.75 Å². The van der Waals surface area contributed by atoms with Crippen LogP contribution in [-0.4, -0.2) is 4.98 Å². The Balaban J connectivity index is 2.09. The van der Waals surface area contributed by atoms with Crippen LogP contribution >= 0.6 is 56.8 Å². The zero-order valence-electron chi connectivity index (χ0n) is 15.4. The van der Waals surface area contributed by atoms with E-state index in [1.165, 1.54) is 29.4 Å². The minimum absolute atomic E-state index is 0.518. The van der Waals surface area contributed by atoms with Crippen LogP contribution in [0, 0.1) is 41.8 Å². The van der Waals surface area contributed by atoms with Gasteiger partial charge in [-0.25, -0.2) is 0 Å². The van der Waals surface area contributed by atoms with Gasteiger partial charge < -0.3 is 4.74 Å². The number of aryl methyl sites for hydroxylation is 2. The normalized spacial score (nSPS) is 11.2. The van der Waals surface area contributed by atoms with Crippen molar-refractivity contribution in [3.05, 3.63) is 63.9 Å². The average molecular weight is 592 g/mol. The van der Waals surface area contributed by atoms with Gasteiger partial charge >= 0.3 is 0 Å². The van der Waals surface area contributed by atoms with Gasteiger partial charge in [0.05, 0.1) is 15.9 Å². The minimum Gasteiger partial charge on any atom is -0.488 e. The van der Waals surface area contributed by atoms with Crippen molar-refractivity contribution < 1.29 is 4.74 Å². The number of nitrogens with zero attached hydrogens (tertiary/aromatic N) is 1. The molecule has 0 aliphatic carbocycles.